The zero-order valence-electron chi connectivity index (χ0n) is 15.0. The molecule has 0 aliphatic carbocycles. The molecule has 0 bridgehead atoms. The molecule has 2 heteroatoms. The average Bonchev–Trinajstić information content (AvgIpc) is 2.68. The van der Waals surface area contributed by atoms with Gasteiger partial charge in [-0.1, -0.05) is 91.9 Å². The molecule has 1 N–H and O–H groups in total. The van der Waals surface area contributed by atoms with Crippen molar-refractivity contribution in [3.8, 4) is 11.1 Å². The fourth-order valence-corrected chi connectivity index (χ4v) is 3.38. The van der Waals surface area contributed by atoms with Gasteiger partial charge in [0.05, 0.1) is 5.92 Å². The second-order valence-electron chi connectivity index (χ2n) is 6.88. The van der Waals surface area contributed by atoms with E-state index in [4.69, 9.17) is 0 Å². The van der Waals surface area contributed by atoms with Crippen LogP contribution in [0.1, 0.15) is 18.1 Å². The van der Waals surface area contributed by atoms with Crippen molar-refractivity contribution in [2.24, 2.45) is 11.8 Å². The van der Waals surface area contributed by atoms with E-state index in [2.05, 4.69) is 36.4 Å². The van der Waals surface area contributed by atoms with Crippen molar-refractivity contribution in [2.75, 3.05) is 0 Å². The largest absolute Gasteiger partial charge is 0.481 e. The van der Waals surface area contributed by atoms with Crippen molar-refractivity contribution in [2.45, 2.75) is 19.8 Å². The predicted molar refractivity (Wildman–Crippen MR) is 106 cm³/mol. The summed E-state index contributed by atoms with van der Waals surface area (Å²) in [6.07, 6.45) is 1.33. The lowest BCUT2D eigenvalue weighted by Crippen LogP contribution is -2.25. The minimum atomic E-state index is -0.722. The zero-order chi connectivity index (χ0) is 18.4. The smallest absolute Gasteiger partial charge is 0.307 e. The van der Waals surface area contributed by atoms with Crippen LogP contribution in [0.3, 0.4) is 0 Å². The Kier molecular flexibility index (Phi) is 5.85. The van der Waals surface area contributed by atoms with E-state index < -0.39 is 11.9 Å². The van der Waals surface area contributed by atoms with E-state index in [1.165, 1.54) is 11.1 Å². The summed E-state index contributed by atoms with van der Waals surface area (Å²) in [7, 11) is 0. The molecule has 0 aliphatic heterocycles. The summed E-state index contributed by atoms with van der Waals surface area (Å²) < 4.78 is 0. The third-order valence-electron chi connectivity index (χ3n) is 4.92. The molecule has 0 aliphatic rings. The van der Waals surface area contributed by atoms with Gasteiger partial charge in [0.1, 0.15) is 0 Å². The predicted octanol–water partition coefficient (Wildman–Crippen LogP) is 5.48. The average molecular weight is 344 g/mol. The molecule has 0 amide bonds. The Bertz CT molecular complexity index is 823. The summed E-state index contributed by atoms with van der Waals surface area (Å²) in [6, 6.07) is 28.6. The number of hydrogen-bond acceptors (Lipinski definition) is 1. The Balaban J connectivity index is 1.71. The summed E-state index contributed by atoms with van der Waals surface area (Å²) >= 11 is 0. The van der Waals surface area contributed by atoms with Gasteiger partial charge in [0.15, 0.2) is 0 Å². The summed E-state index contributed by atoms with van der Waals surface area (Å²) in [5.41, 5.74) is 4.58. The van der Waals surface area contributed by atoms with Crippen molar-refractivity contribution in [3.63, 3.8) is 0 Å². The van der Waals surface area contributed by atoms with Gasteiger partial charge < -0.3 is 5.11 Å². The fourth-order valence-electron chi connectivity index (χ4n) is 3.38. The van der Waals surface area contributed by atoms with E-state index in [1.807, 2.05) is 55.5 Å². The minimum Gasteiger partial charge on any atom is -0.481 e. The lowest BCUT2D eigenvalue weighted by atomic mass is 9.84. The maximum Gasteiger partial charge on any atom is 0.307 e. The molecule has 3 aromatic carbocycles. The van der Waals surface area contributed by atoms with Crippen LogP contribution in [0.5, 0.6) is 0 Å². The molecule has 26 heavy (non-hydrogen) atoms. The zero-order valence-corrected chi connectivity index (χ0v) is 15.0. The lowest BCUT2D eigenvalue weighted by molar-refractivity contribution is -0.143. The van der Waals surface area contributed by atoms with Gasteiger partial charge in [0.25, 0.3) is 0 Å². The molecule has 0 spiro atoms. The molecular weight excluding hydrogens is 320 g/mol. The summed E-state index contributed by atoms with van der Waals surface area (Å²) in [5, 5.41) is 9.72. The molecule has 0 radical (unpaired) electrons. The van der Waals surface area contributed by atoms with Gasteiger partial charge in [-0.15, -0.1) is 0 Å². The SMILES string of the molecule is CC(Cc1ccccc1)C(Cc1ccc(-c2ccccc2)cc1)C(=O)O. The molecule has 0 heterocycles. The van der Waals surface area contributed by atoms with Gasteiger partial charge in [0, 0.05) is 0 Å². The van der Waals surface area contributed by atoms with Crippen LogP contribution in [-0.2, 0) is 17.6 Å². The van der Waals surface area contributed by atoms with Crippen LogP contribution in [0.4, 0.5) is 0 Å². The van der Waals surface area contributed by atoms with Crippen LogP contribution in [0.25, 0.3) is 11.1 Å². The Labute approximate surface area is 155 Å². The minimum absolute atomic E-state index is 0.0729. The number of aliphatic carboxylic acids is 1. The van der Waals surface area contributed by atoms with E-state index in [-0.39, 0.29) is 5.92 Å². The number of benzene rings is 3. The van der Waals surface area contributed by atoms with Gasteiger partial charge >= 0.3 is 5.97 Å². The third kappa shape index (κ3) is 4.60. The maximum atomic E-state index is 11.8. The van der Waals surface area contributed by atoms with Gasteiger partial charge in [-0.05, 0) is 41.0 Å². The highest BCUT2D eigenvalue weighted by Gasteiger charge is 2.25. The molecule has 132 valence electrons. The number of rotatable bonds is 7. The van der Waals surface area contributed by atoms with Crippen molar-refractivity contribution in [1.82, 2.24) is 0 Å². The van der Waals surface area contributed by atoms with Crippen LogP contribution in [0.15, 0.2) is 84.9 Å². The van der Waals surface area contributed by atoms with Crippen molar-refractivity contribution < 1.29 is 9.90 Å². The summed E-state index contributed by atoms with van der Waals surface area (Å²) in [4.78, 5) is 11.8. The van der Waals surface area contributed by atoms with Crippen LogP contribution < -0.4 is 0 Å². The Hall–Kier alpha value is -2.87. The van der Waals surface area contributed by atoms with E-state index in [0.717, 1.165) is 17.5 Å². The second kappa shape index (κ2) is 8.48. The summed E-state index contributed by atoms with van der Waals surface area (Å²) in [6.45, 7) is 2.03. The first-order valence-electron chi connectivity index (χ1n) is 9.04. The molecule has 0 fully saturated rings. The van der Waals surface area contributed by atoms with Crippen LogP contribution in [0, 0.1) is 11.8 Å². The Morgan fingerprint density at radius 2 is 1.23 bits per heavy atom. The highest BCUT2D eigenvalue weighted by Crippen LogP contribution is 2.24. The van der Waals surface area contributed by atoms with Crippen molar-refractivity contribution in [3.05, 3.63) is 96.1 Å². The molecule has 2 unspecified atom stereocenters. The fraction of sp³-hybridized carbons (Fsp3) is 0.208. The normalized spacial score (nSPS) is 13.1. The van der Waals surface area contributed by atoms with E-state index >= 15 is 0 Å². The van der Waals surface area contributed by atoms with Gasteiger partial charge in [-0.3, -0.25) is 4.79 Å². The monoisotopic (exact) mass is 344 g/mol. The van der Waals surface area contributed by atoms with Gasteiger partial charge in [-0.25, -0.2) is 0 Å². The quantitative estimate of drug-likeness (QED) is 0.616. The van der Waals surface area contributed by atoms with Gasteiger partial charge in [0.2, 0.25) is 0 Å². The number of carbonyl (C=O) groups is 1. The molecule has 0 aromatic heterocycles. The van der Waals surface area contributed by atoms with E-state index in [1.54, 1.807) is 0 Å². The first kappa shape index (κ1) is 17.9. The standard InChI is InChI=1S/C24H24O2/c1-18(16-19-8-4-2-5-9-19)23(24(25)26)17-20-12-14-22(15-13-20)21-10-6-3-7-11-21/h2-15,18,23H,16-17H2,1H3,(H,25,26). The first-order valence-corrected chi connectivity index (χ1v) is 9.04. The number of carboxylic acid groups (broad SMARTS) is 1. The Morgan fingerprint density at radius 3 is 1.81 bits per heavy atom. The molecule has 3 rings (SSSR count). The van der Waals surface area contributed by atoms with Crippen LogP contribution in [-0.4, -0.2) is 11.1 Å². The molecular formula is C24H24O2. The van der Waals surface area contributed by atoms with E-state index in [0.29, 0.717) is 6.42 Å². The lowest BCUT2D eigenvalue weighted by Gasteiger charge is -2.20. The van der Waals surface area contributed by atoms with Crippen molar-refractivity contribution in [1.29, 1.82) is 0 Å². The first-order chi connectivity index (χ1) is 12.6. The van der Waals surface area contributed by atoms with E-state index in [9.17, 15) is 9.90 Å². The topological polar surface area (TPSA) is 37.3 Å². The number of carboxylic acids is 1. The number of hydrogen-bond donors (Lipinski definition) is 1. The molecule has 0 saturated carbocycles. The van der Waals surface area contributed by atoms with Crippen LogP contribution in [0.2, 0.25) is 0 Å². The maximum absolute atomic E-state index is 11.8. The van der Waals surface area contributed by atoms with Gasteiger partial charge in [-0.2, -0.15) is 0 Å². The Morgan fingerprint density at radius 1 is 0.731 bits per heavy atom. The highest BCUT2D eigenvalue weighted by atomic mass is 16.4. The molecule has 2 atom stereocenters. The third-order valence-corrected chi connectivity index (χ3v) is 4.92. The van der Waals surface area contributed by atoms with Crippen LogP contribution >= 0.6 is 0 Å². The second-order valence-corrected chi connectivity index (χ2v) is 6.88. The highest BCUT2D eigenvalue weighted by molar-refractivity contribution is 5.71. The molecule has 2 nitrogen and oxygen atoms in total. The molecule has 0 saturated heterocycles. The summed E-state index contributed by atoms with van der Waals surface area (Å²) in [5.74, 6) is -1.04. The molecule has 3 aromatic rings. The van der Waals surface area contributed by atoms with Crippen molar-refractivity contribution >= 4 is 5.97 Å².